The molecule has 0 spiro atoms. The molecule has 1 amide bonds. The van der Waals surface area contributed by atoms with Crippen molar-refractivity contribution >= 4 is 15.9 Å². The number of sulfonamides is 1. The van der Waals surface area contributed by atoms with E-state index in [1.54, 1.807) is 30.3 Å². The van der Waals surface area contributed by atoms with Crippen LogP contribution in [0.1, 0.15) is 44.9 Å². The van der Waals surface area contributed by atoms with Gasteiger partial charge in [-0.3, -0.25) is 4.79 Å². The Bertz CT molecular complexity index is 694. The Kier molecular flexibility index (Phi) is 7.26. The second-order valence-electron chi connectivity index (χ2n) is 7.41. The summed E-state index contributed by atoms with van der Waals surface area (Å²) in [7, 11) is -3.46. The molecule has 3 rings (SSSR count). The van der Waals surface area contributed by atoms with Crippen LogP contribution < -0.4 is 5.32 Å². The van der Waals surface area contributed by atoms with Gasteiger partial charge in [0.05, 0.1) is 11.0 Å². The van der Waals surface area contributed by atoms with E-state index in [-0.39, 0.29) is 11.8 Å². The van der Waals surface area contributed by atoms with Gasteiger partial charge in [-0.25, -0.2) is 8.42 Å². The molecule has 0 radical (unpaired) electrons. The standard InChI is InChI=1S/C20H30N2O4S/c23-20(21-13-6-16-26-18-7-4-5-8-18)17-11-14-22(15-12-17)27(24,25)19-9-2-1-3-10-19/h1-3,9-10,17-18H,4-8,11-16H2,(H,21,23). The number of nitrogens with one attached hydrogen (secondary N) is 1. The Balaban J connectivity index is 1.36. The molecule has 2 fully saturated rings. The lowest BCUT2D eigenvalue weighted by Crippen LogP contribution is -2.43. The first-order chi connectivity index (χ1) is 13.1. The maximum atomic E-state index is 12.6. The second-order valence-corrected chi connectivity index (χ2v) is 9.35. The molecule has 1 aromatic carbocycles. The lowest BCUT2D eigenvalue weighted by Gasteiger charge is -2.30. The summed E-state index contributed by atoms with van der Waals surface area (Å²) in [6.07, 6.45) is 7.22. The molecule has 27 heavy (non-hydrogen) atoms. The molecule has 7 heteroatoms. The van der Waals surface area contributed by atoms with Gasteiger partial charge in [-0.15, -0.1) is 0 Å². The number of piperidine rings is 1. The Morgan fingerprint density at radius 1 is 1.07 bits per heavy atom. The van der Waals surface area contributed by atoms with Crippen molar-refractivity contribution in [2.75, 3.05) is 26.2 Å². The summed E-state index contributed by atoms with van der Waals surface area (Å²) < 4.78 is 32.5. The van der Waals surface area contributed by atoms with Crippen LogP contribution in [0.4, 0.5) is 0 Å². The number of ether oxygens (including phenoxy) is 1. The number of amides is 1. The van der Waals surface area contributed by atoms with Crippen molar-refractivity contribution in [1.82, 2.24) is 9.62 Å². The monoisotopic (exact) mass is 394 g/mol. The maximum absolute atomic E-state index is 12.6. The SMILES string of the molecule is O=C(NCCCOC1CCCC1)C1CCN(S(=O)(=O)c2ccccc2)CC1. The van der Waals surface area contributed by atoms with Crippen LogP contribution in [0.15, 0.2) is 35.2 Å². The third kappa shape index (κ3) is 5.53. The van der Waals surface area contributed by atoms with Crippen molar-refractivity contribution in [2.45, 2.75) is 55.9 Å². The normalized spacial score (nSPS) is 20.0. The maximum Gasteiger partial charge on any atom is 0.243 e. The quantitative estimate of drug-likeness (QED) is 0.688. The predicted molar refractivity (Wildman–Crippen MR) is 104 cm³/mol. The van der Waals surface area contributed by atoms with Crippen LogP contribution in [0.25, 0.3) is 0 Å². The van der Waals surface area contributed by atoms with Crippen LogP contribution >= 0.6 is 0 Å². The summed E-state index contributed by atoms with van der Waals surface area (Å²) in [6, 6.07) is 8.48. The minimum atomic E-state index is -3.46. The van der Waals surface area contributed by atoms with Crippen molar-refractivity contribution in [3.8, 4) is 0 Å². The average Bonchev–Trinajstić information content (AvgIpc) is 3.22. The fourth-order valence-electron chi connectivity index (χ4n) is 3.83. The lowest BCUT2D eigenvalue weighted by molar-refractivity contribution is -0.126. The van der Waals surface area contributed by atoms with E-state index in [1.165, 1.54) is 17.1 Å². The number of carbonyl (C=O) groups excluding carboxylic acids is 1. The van der Waals surface area contributed by atoms with E-state index in [1.807, 2.05) is 0 Å². The zero-order chi connectivity index (χ0) is 19.1. The molecule has 0 bridgehead atoms. The van der Waals surface area contributed by atoms with E-state index in [2.05, 4.69) is 5.32 Å². The fraction of sp³-hybridized carbons (Fsp3) is 0.650. The molecule has 1 N–H and O–H groups in total. The highest BCUT2D eigenvalue weighted by atomic mass is 32.2. The Hall–Kier alpha value is -1.44. The smallest absolute Gasteiger partial charge is 0.243 e. The van der Waals surface area contributed by atoms with Crippen LogP contribution in [0.5, 0.6) is 0 Å². The first kappa shape index (κ1) is 20.3. The minimum absolute atomic E-state index is 0.0348. The zero-order valence-corrected chi connectivity index (χ0v) is 16.6. The van der Waals surface area contributed by atoms with Gasteiger partial charge in [0.15, 0.2) is 0 Å². The third-order valence-electron chi connectivity index (χ3n) is 5.48. The molecular formula is C20H30N2O4S. The van der Waals surface area contributed by atoms with E-state index >= 15 is 0 Å². The molecule has 0 atom stereocenters. The van der Waals surface area contributed by atoms with Crippen LogP contribution in [0, 0.1) is 5.92 Å². The number of benzene rings is 1. The number of carbonyl (C=O) groups is 1. The Labute approximate surface area is 162 Å². The van der Waals surface area contributed by atoms with Gasteiger partial charge in [0.1, 0.15) is 0 Å². The summed E-state index contributed by atoms with van der Waals surface area (Å²) in [5.41, 5.74) is 0. The average molecular weight is 395 g/mol. The van der Waals surface area contributed by atoms with Crippen molar-refractivity contribution in [3.05, 3.63) is 30.3 Å². The highest BCUT2D eigenvalue weighted by Gasteiger charge is 2.31. The summed E-state index contributed by atoms with van der Waals surface area (Å²) in [4.78, 5) is 12.6. The van der Waals surface area contributed by atoms with Gasteiger partial charge in [-0.1, -0.05) is 31.0 Å². The first-order valence-electron chi connectivity index (χ1n) is 10.0. The molecule has 2 aliphatic rings. The molecule has 1 aromatic rings. The highest BCUT2D eigenvalue weighted by Crippen LogP contribution is 2.24. The van der Waals surface area contributed by atoms with Gasteiger partial charge in [0, 0.05) is 32.2 Å². The summed E-state index contributed by atoms with van der Waals surface area (Å²) in [5, 5.41) is 2.98. The van der Waals surface area contributed by atoms with Crippen LogP contribution in [0.2, 0.25) is 0 Å². The molecule has 150 valence electrons. The van der Waals surface area contributed by atoms with Gasteiger partial charge < -0.3 is 10.1 Å². The van der Waals surface area contributed by atoms with E-state index in [4.69, 9.17) is 4.74 Å². The molecule has 0 unspecified atom stereocenters. The van der Waals surface area contributed by atoms with Gasteiger partial charge >= 0.3 is 0 Å². The molecule has 1 aliphatic heterocycles. The van der Waals surface area contributed by atoms with Gasteiger partial charge in [-0.2, -0.15) is 4.31 Å². The van der Waals surface area contributed by atoms with Crippen molar-refractivity contribution < 1.29 is 17.9 Å². The van der Waals surface area contributed by atoms with E-state index in [0.29, 0.717) is 50.1 Å². The molecule has 1 saturated carbocycles. The molecule has 1 saturated heterocycles. The topological polar surface area (TPSA) is 75.7 Å². The Morgan fingerprint density at radius 2 is 1.74 bits per heavy atom. The minimum Gasteiger partial charge on any atom is -0.378 e. The summed E-state index contributed by atoms with van der Waals surface area (Å²) in [5.74, 6) is -0.0735. The largest absolute Gasteiger partial charge is 0.378 e. The van der Waals surface area contributed by atoms with Crippen molar-refractivity contribution in [2.24, 2.45) is 5.92 Å². The number of hydrogen-bond acceptors (Lipinski definition) is 4. The molecular weight excluding hydrogens is 364 g/mol. The van der Waals surface area contributed by atoms with Crippen molar-refractivity contribution in [1.29, 1.82) is 0 Å². The number of hydrogen-bond donors (Lipinski definition) is 1. The molecule has 1 heterocycles. The second kappa shape index (κ2) is 9.66. The van der Waals surface area contributed by atoms with Gasteiger partial charge in [0.25, 0.3) is 0 Å². The number of nitrogens with zero attached hydrogens (tertiary/aromatic N) is 1. The predicted octanol–water partition coefficient (Wildman–Crippen LogP) is 2.55. The summed E-state index contributed by atoms with van der Waals surface area (Å²) >= 11 is 0. The Morgan fingerprint density at radius 3 is 2.41 bits per heavy atom. The highest BCUT2D eigenvalue weighted by molar-refractivity contribution is 7.89. The fourth-order valence-corrected chi connectivity index (χ4v) is 5.32. The van der Waals surface area contributed by atoms with E-state index in [9.17, 15) is 13.2 Å². The van der Waals surface area contributed by atoms with Crippen molar-refractivity contribution in [3.63, 3.8) is 0 Å². The van der Waals surface area contributed by atoms with Gasteiger partial charge in [0.2, 0.25) is 15.9 Å². The first-order valence-corrected chi connectivity index (χ1v) is 11.5. The zero-order valence-electron chi connectivity index (χ0n) is 15.8. The third-order valence-corrected chi connectivity index (χ3v) is 7.39. The van der Waals surface area contributed by atoms with Crippen LogP contribution in [0.3, 0.4) is 0 Å². The molecule has 0 aromatic heterocycles. The van der Waals surface area contributed by atoms with Crippen LogP contribution in [-0.4, -0.2) is 51.0 Å². The van der Waals surface area contributed by atoms with Crippen LogP contribution in [-0.2, 0) is 19.6 Å². The molecule has 1 aliphatic carbocycles. The number of rotatable bonds is 8. The lowest BCUT2D eigenvalue weighted by atomic mass is 9.97. The van der Waals surface area contributed by atoms with Gasteiger partial charge in [-0.05, 0) is 44.2 Å². The summed E-state index contributed by atoms with van der Waals surface area (Å²) in [6.45, 7) is 2.09. The van der Waals surface area contributed by atoms with E-state index in [0.717, 1.165) is 19.3 Å². The van der Waals surface area contributed by atoms with E-state index < -0.39 is 10.0 Å². The molecule has 6 nitrogen and oxygen atoms in total.